The van der Waals surface area contributed by atoms with Crippen LogP contribution >= 0.6 is 0 Å². The van der Waals surface area contributed by atoms with E-state index in [0.717, 1.165) is 55.4 Å². The number of amides is 1. The zero-order valence-electron chi connectivity index (χ0n) is 18.4. The van der Waals surface area contributed by atoms with E-state index in [-0.39, 0.29) is 17.4 Å². The van der Waals surface area contributed by atoms with Crippen molar-refractivity contribution in [3.63, 3.8) is 0 Å². The van der Waals surface area contributed by atoms with Gasteiger partial charge in [0.05, 0.1) is 0 Å². The molecule has 0 fully saturated rings. The van der Waals surface area contributed by atoms with E-state index in [1.165, 1.54) is 5.57 Å². The Morgan fingerprint density at radius 3 is 2.77 bits per heavy atom. The fraction of sp³-hybridized carbons (Fsp3) is 0.583. The summed E-state index contributed by atoms with van der Waals surface area (Å²) in [5, 5.41) is 11.1. The molecule has 6 nitrogen and oxygen atoms in total. The lowest BCUT2D eigenvalue weighted by Gasteiger charge is -2.46. The van der Waals surface area contributed by atoms with Crippen molar-refractivity contribution >= 4 is 12.1 Å². The van der Waals surface area contributed by atoms with Crippen LogP contribution in [-0.4, -0.2) is 29.3 Å². The van der Waals surface area contributed by atoms with Crippen LogP contribution in [0.2, 0.25) is 0 Å². The number of aryl methyl sites for hydroxylation is 1. The van der Waals surface area contributed by atoms with Crippen LogP contribution in [-0.2, 0) is 11.2 Å². The van der Waals surface area contributed by atoms with E-state index in [4.69, 9.17) is 14.6 Å². The van der Waals surface area contributed by atoms with E-state index < -0.39 is 18.6 Å². The van der Waals surface area contributed by atoms with Gasteiger partial charge in [-0.3, -0.25) is 4.79 Å². The van der Waals surface area contributed by atoms with E-state index in [2.05, 4.69) is 45.2 Å². The minimum Gasteiger partial charge on any atom is -0.487 e. The Morgan fingerprint density at radius 1 is 1.30 bits per heavy atom. The first-order chi connectivity index (χ1) is 14.2. The number of fused-ring (bicyclic) bond motifs is 3. The number of aliphatic carboxylic acids is 1. The Balaban J connectivity index is 2.01. The topological polar surface area (TPSA) is 84.9 Å². The third-order valence-electron chi connectivity index (χ3n) is 6.17. The zero-order valence-corrected chi connectivity index (χ0v) is 18.4. The summed E-state index contributed by atoms with van der Waals surface area (Å²) in [5.74, 6) is 0.507. The third-order valence-corrected chi connectivity index (χ3v) is 6.17. The molecule has 2 atom stereocenters. The second kappa shape index (κ2) is 9.11. The molecule has 0 bridgehead atoms. The van der Waals surface area contributed by atoms with Crippen LogP contribution in [0.5, 0.6) is 11.5 Å². The van der Waals surface area contributed by atoms with Gasteiger partial charge >= 0.3 is 12.1 Å². The fourth-order valence-electron chi connectivity index (χ4n) is 4.65. The van der Waals surface area contributed by atoms with E-state index in [9.17, 15) is 9.59 Å². The molecule has 0 unspecified atom stereocenters. The van der Waals surface area contributed by atoms with Crippen LogP contribution < -0.4 is 14.8 Å². The van der Waals surface area contributed by atoms with Gasteiger partial charge in [0.1, 0.15) is 23.6 Å². The molecule has 1 aliphatic carbocycles. The van der Waals surface area contributed by atoms with Gasteiger partial charge in [0.25, 0.3) is 0 Å². The Bertz CT molecular complexity index is 842. The SMILES string of the molecule is CCCCCc1cc(OC(=O)NCC(=O)O)c2c(c1)OC(C)(C)[C@@H]1CCC(C)=C[C@@H]21. The summed E-state index contributed by atoms with van der Waals surface area (Å²) in [4.78, 5) is 23.1. The van der Waals surface area contributed by atoms with E-state index >= 15 is 0 Å². The Hall–Kier alpha value is -2.50. The zero-order chi connectivity index (χ0) is 21.9. The first-order valence-electron chi connectivity index (χ1n) is 10.9. The molecule has 1 aliphatic heterocycles. The molecule has 1 aromatic carbocycles. The predicted molar refractivity (Wildman–Crippen MR) is 115 cm³/mol. The average molecular weight is 416 g/mol. The maximum Gasteiger partial charge on any atom is 0.413 e. The molecular weight excluding hydrogens is 382 g/mol. The van der Waals surface area contributed by atoms with Crippen molar-refractivity contribution in [2.75, 3.05) is 6.54 Å². The van der Waals surface area contributed by atoms with Crippen LogP contribution in [0, 0.1) is 5.92 Å². The highest BCUT2D eigenvalue weighted by atomic mass is 16.6. The van der Waals surface area contributed by atoms with Gasteiger partial charge < -0.3 is 19.9 Å². The minimum atomic E-state index is -1.11. The smallest absolute Gasteiger partial charge is 0.413 e. The van der Waals surface area contributed by atoms with Crippen LogP contribution in [0.1, 0.15) is 76.8 Å². The molecule has 6 heteroatoms. The Morgan fingerprint density at radius 2 is 2.07 bits per heavy atom. The number of carboxylic acid groups (broad SMARTS) is 1. The second-order valence-corrected chi connectivity index (χ2v) is 8.99. The summed E-state index contributed by atoms with van der Waals surface area (Å²) in [7, 11) is 0. The highest BCUT2D eigenvalue weighted by molar-refractivity contribution is 5.78. The molecule has 3 rings (SSSR count). The molecular formula is C24H33NO5. The van der Waals surface area contributed by atoms with Gasteiger partial charge in [0.2, 0.25) is 0 Å². The lowest BCUT2D eigenvalue weighted by molar-refractivity contribution is -0.135. The molecule has 1 amide bonds. The third kappa shape index (κ3) is 4.97. The van der Waals surface area contributed by atoms with Crippen LogP contribution in [0.25, 0.3) is 0 Å². The number of nitrogens with one attached hydrogen (secondary N) is 1. The summed E-state index contributed by atoms with van der Waals surface area (Å²) >= 11 is 0. The fourth-order valence-corrected chi connectivity index (χ4v) is 4.65. The van der Waals surface area contributed by atoms with Crippen molar-refractivity contribution in [1.29, 1.82) is 0 Å². The summed E-state index contributed by atoms with van der Waals surface area (Å²) in [6, 6.07) is 4.01. The highest BCUT2D eigenvalue weighted by Crippen LogP contribution is 2.53. The lowest BCUT2D eigenvalue weighted by atomic mass is 9.68. The molecule has 0 spiro atoms. The van der Waals surface area contributed by atoms with Gasteiger partial charge in [-0.1, -0.05) is 31.4 Å². The normalized spacial score (nSPS) is 21.5. The molecule has 0 saturated carbocycles. The molecule has 1 aromatic rings. The summed E-state index contributed by atoms with van der Waals surface area (Å²) in [5.41, 5.74) is 2.96. The first kappa shape index (κ1) is 22.2. The molecule has 2 aliphatic rings. The number of hydrogen-bond donors (Lipinski definition) is 2. The van der Waals surface area contributed by atoms with Gasteiger partial charge in [0, 0.05) is 17.4 Å². The lowest BCUT2D eigenvalue weighted by Crippen LogP contribution is -2.45. The van der Waals surface area contributed by atoms with Crippen LogP contribution in [0.15, 0.2) is 23.8 Å². The van der Waals surface area contributed by atoms with E-state index in [1.807, 2.05) is 6.07 Å². The maximum absolute atomic E-state index is 12.3. The molecule has 0 aromatic heterocycles. The highest BCUT2D eigenvalue weighted by Gasteiger charge is 2.45. The van der Waals surface area contributed by atoms with Crippen molar-refractivity contribution in [1.82, 2.24) is 5.32 Å². The largest absolute Gasteiger partial charge is 0.487 e. The van der Waals surface area contributed by atoms with E-state index in [0.29, 0.717) is 5.75 Å². The number of carboxylic acids is 1. The number of hydrogen-bond acceptors (Lipinski definition) is 4. The number of carbonyl (C=O) groups excluding carboxylic acids is 1. The number of rotatable bonds is 7. The molecule has 1 heterocycles. The number of ether oxygens (including phenoxy) is 2. The van der Waals surface area contributed by atoms with Crippen LogP contribution in [0.3, 0.4) is 0 Å². The van der Waals surface area contributed by atoms with Crippen molar-refractivity contribution in [2.24, 2.45) is 5.92 Å². The molecule has 164 valence electrons. The summed E-state index contributed by atoms with van der Waals surface area (Å²) in [6.07, 6.45) is 7.75. The van der Waals surface area contributed by atoms with Crippen molar-refractivity contribution < 1.29 is 24.2 Å². The molecule has 0 saturated heterocycles. The Labute approximate surface area is 178 Å². The summed E-state index contributed by atoms with van der Waals surface area (Å²) in [6.45, 7) is 8.08. The number of carbonyl (C=O) groups is 2. The average Bonchev–Trinajstić information content (AvgIpc) is 2.65. The van der Waals surface area contributed by atoms with Crippen molar-refractivity contribution in [3.05, 3.63) is 34.9 Å². The quantitative estimate of drug-likeness (QED) is 0.472. The Kier molecular flexibility index (Phi) is 6.74. The summed E-state index contributed by atoms with van der Waals surface area (Å²) < 4.78 is 12.1. The monoisotopic (exact) mass is 415 g/mol. The maximum atomic E-state index is 12.3. The molecule has 0 radical (unpaired) electrons. The van der Waals surface area contributed by atoms with Crippen molar-refractivity contribution in [3.8, 4) is 11.5 Å². The predicted octanol–water partition coefficient (Wildman–Crippen LogP) is 5.20. The standard InChI is InChI=1S/C24H33NO5/c1-5-6-7-8-16-12-19(29-23(28)25-14-21(26)27)22-17-11-15(2)9-10-18(17)24(3,4)30-20(22)13-16/h11-13,17-18H,5-10,14H2,1-4H3,(H,25,28)(H,26,27)/t17-,18-/m1/s1. The molecule has 2 N–H and O–H groups in total. The van der Waals surface area contributed by atoms with Gasteiger partial charge in [-0.25, -0.2) is 4.79 Å². The van der Waals surface area contributed by atoms with E-state index in [1.54, 1.807) is 0 Å². The number of allylic oxidation sites excluding steroid dienone is 2. The van der Waals surface area contributed by atoms with Crippen molar-refractivity contribution in [2.45, 2.75) is 77.7 Å². The first-order valence-corrected chi connectivity index (χ1v) is 10.9. The van der Waals surface area contributed by atoms with Crippen LogP contribution in [0.4, 0.5) is 4.79 Å². The van der Waals surface area contributed by atoms with Gasteiger partial charge in [0.15, 0.2) is 0 Å². The number of unbranched alkanes of at least 4 members (excludes halogenated alkanes) is 2. The number of benzene rings is 1. The van der Waals surface area contributed by atoms with Gasteiger partial charge in [-0.2, -0.15) is 0 Å². The van der Waals surface area contributed by atoms with Gasteiger partial charge in [-0.15, -0.1) is 0 Å². The molecule has 30 heavy (non-hydrogen) atoms. The second-order valence-electron chi connectivity index (χ2n) is 8.99. The van der Waals surface area contributed by atoms with Gasteiger partial charge in [-0.05, 0) is 64.2 Å². The minimum absolute atomic E-state index is 0.101.